The van der Waals surface area contributed by atoms with E-state index in [0.717, 1.165) is 36.5 Å². The second-order valence-corrected chi connectivity index (χ2v) is 6.60. The lowest BCUT2D eigenvalue weighted by atomic mass is 10.1. The molecule has 118 valence electrons. The smallest absolute Gasteiger partial charge is 0.137 e. The Morgan fingerprint density at radius 1 is 1.10 bits per heavy atom. The minimum Gasteiger partial charge on any atom is -0.490 e. The predicted octanol–water partition coefficient (Wildman–Crippen LogP) is -1.24. The van der Waals surface area contributed by atoms with E-state index in [1.807, 2.05) is 0 Å². The topological polar surface area (TPSA) is 38.3 Å². The highest BCUT2D eigenvalue weighted by Crippen LogP contribution is 2.24. The number of piperazine rings is 1. The van der Waals surface area contributed by atoms with Crippen molar-refractivity contribution in [3.8, 4) is 5.75 Å². The molecule has 0 saturated carbocycles. The molecule has 1 aliphatic rings. The van der Waals surface area contributed by atoms with E-state index >= 15 is 0 Å². The van der Waals surface area contributed by atoms with Crippen LogP contribution in [0.3, 0.4) is 0 Å². The lowest BCUT2D eigenvalue weighted by Crippen LogP contribution is -3.27. The zero-order valence-corrected chi connectivity index (χ0v) is 13.8. The van der Waals surface area contributed by atoms with Gasteiger partial charge in [0.25, 0.3) is 0 Å². The zero-order chi connectivity index (χ0) is 15.4. The molecule has 4 nitrogen and oxygen atoms in total. The molecule has 3 N–H and O–H groups in total. The molecule has 1 aliphatic heterocycles. The van der Waals surface area contributed by atoms with Crippen molar-refractivity contribution >= 4 is 0 Å². The summed E-state index contributed by atoms with van der Waals surface area (Å²) in [6.45, 7) is 12.1. The maximum absolute atomic E-state index is 10.2. The number of hydrogen-bond donors (Lipinski definition) is 3. The van der Waals surface area contributed by atoms with Gasteiger partial charge in [-0.15, -0.1) is 0 Å². The standard InChI is InChI=1S/C17H28N2O2/c1-13-9-14(2)17(15(3)10-13)21-12-16(20)11-19-7-5-18(4)6-8-19/h9-10,16,20H,5-8,11-12H2,1-4H3/p+2/t16-/m0/s1. The van der Waals surface area contributed by atoms with Gasteiger partial charge in [-0.05, 0) is 31.9 Å². The fourth-order valence-electron chi connectivity index (χ4n) is 3.20. The summed E-state index contributed by atoms with van der Waals surface area (Å²) in [6, 6.07) is 4.26. The summed E-state index contributed by atoms with van der Waals surface area (Å²) in [6.07, 6.45) is -0.390. The molecule has 0 radical (unpaired) electrons. The van der Waals surface area contributed by atoms with Crippen molar-refractivity contribution in [1.29, 1.82) is 0 Å². The normalized spacial score (nSPS) is 23.9. The van der Waals surface area contributed by atoms with E-state index in [1.54, 1.807) is 4.90 Å². The molecule has 0 aliphatic carbocycles. The molecular formula is C17H30N2O2+2. The summed E-state index contributed by atoms with van der Waals surface area (Å²) < 4.78 is 5.88. The maximum Gasteiger partial charge on any atom is 0.137 e. The van der Waals surface area contributed by atoms with Crippen LogP contribution in [-0.2, 0) is 0 Å². The molecule has 0 bridgehead atoms. The number of nitrogens with one attached hydrogen (secondary N) is 2. The van der Waals surface area contributed by atoms with Gasteiger partial charge in [0.05, 0.1) is 7.05 Å². The number of ether oxygens (including phenoxy) is 1. The van der Waals surface area contributed by atoms with Crippen molar-refractivity contribution < 1.29 is 19.6 Å². The monoisotopic (exact) mass is 294 g/mol. The van der Waals surface area contributed by atoms with Crippen LogP contribution in [0.5, 0.6) is 5.75 Å². The van der Waals surface area contributed by atoms with Gasteiger partial charge in [-0.2, -0.15) is 0 Å². The molecule has 1 aromatic carbocycles. The van der Waals surface area contributed by atoms with E-state index in [1.165, 1.54) is 23.6 Å². The Hall–Kier alpha value is -1.10. The van der Waals surface area contributed by atoms with Gasteiger partial charge >= 0.3 is 0 Å². The second-order valence-electron chi connectivity index (χ2n) is 6.60. The molecule has 21 heavy (non-hydrogen) atoms. The molecule has 4 heteroatoms. The molecule has 1 aromatic rings. The molecule has 1 saturated heterocycles. The van der Waals surface area contributed by atoms with Gasteiger partial charge in [0.1, 0.15) is 51.2 Å². The van der Waals surface area contributed by atoms with Crippen molar-refractivity contribution in [2.75, 3.05) is 46.4 Å². The Labute approximate surface area is 128 Å². The van der Waals surface area contributed by atoms with Crippen LogP contribution in [0.25, 0.3) is 0 Å². The largest absolute Gasteiger partial charge is 0.490 e. The Morgan fingerprint density at radius 2 is 1.67 bits per heavy atom. The Balaban J connectivity index is 1.83. The summed E-state index contributed by atoms with van der Waals surface area (Å²) in [4.78, 5) is 3.09. The Morgan fingerprint density at radius 3 is 2.24 bits per heavy atom. The van der Waals surface area contributed by atoms with Crippen LogP contribution in [0.4, 0.5) is 0 Å². The Kier molecular flexibility index (Phi) is 5.62. The van der Waals surface area contributed by atoms with Gasteiger partial charge in [-0.25, -0.2) is 0 Å². The quantitative estimate of drug-likeness (QED) is 0.636. The van der Waals surface area contributed by atoms with Crippen LogP contribution in [0.15, 0.2) is 12.1 Å². The van der Waals surface area contributed by atoms with Crippen molar-refractivity contribution in [2.24, 2.45) is 0 Å². The summed E-state index contributed by atoms with van der Waals surface area (Å²) in [7, 11) is 2.24. The maximum atomic E-state index is 10.2. The lowest BCUT2D eigenvalue weighted by Gasteiger charge is -2.28. The number of aliphatic hydroxyl groups excluding tert-OH is 1. The van der Waals surface area contributed by atoms with E-state index in [9.17, 15) is 5.11 Å². The van der Waals surface area contributed by atoms with Crippen LogP contribution in [0.1, 0.15) is 16.7 Å². The number of benzene rings is 1. The number of aryl methyl sites for hydroxylation is 3. The first kappa shape index (κ1) is 16.3. The first-order chi connectivity index (χ1) is 9.95. The van der Waals surface area contributed by atoms with Crippen LogP contribution < -0.4 is 14.5 Å². The van der Waals surface area contributed by atoms with E-state index < -0.39 is 6.10 Å². The molecule has 0 spiro atoms. The van der Waals surface area contributed by atoms with E-state index in [4.69, 9.17) is 4.74 Å². The zero-order valence-electron chi connectivity index (χ0n) is 13.8. The molecular weight excluding hydrogens is 264 g/mol. The molecule has 2 rings (SSSR count). The van der Waals surface area contributed by atoms with E-state index in [0.29, 0.717) is 6.61 Å². The molecule has 0 aromatic heterocycles. The SMILES string of the molecule is Cc1cc(C)c(OC[C@@H](O)C[NH+]2CC[NH+](C)CC2)c(C)c1. The summed E-state index contributed by atoms with van der Waals surface area (Å²) in [5.41, 5.74) is 3.55. The number of quaternary nitrogens is 2. The molecule has 1 heterocycles. The van der Waals surface area contributed by atoms with Crippen molar-refractivity contribution in [3.05, 3.63) is 28.8 Å². The average molecular weight is 294 g/mol. The molecule has 1 fully saturated rings. The average Bonchev–Trinajstić information content (AvgIpc) is 2.40. The lowest BCUT2D eigenvalue weighted by molar-refractivity contribution is -1.00. The second kappa shape index (κ2) is 7.25. The van der Waals surface area contributed by atoms with E-state index in [2.05, 4.69) is 40.0 Å². The minimum atomic E-state index is -0.390. The van der Waals surface area contributed by atoms with Crippen molar-refractivity contribution in [2.45, 2.75) is 26.9 Å². The first-order valence-corrected chi connectivity index (χ1v) is 7.99. The highest BCUT2D eigenvalue weighted by Gasteiger charge is 2.23. The molecule has 1 atom stereocenters. The molecule has 0 amide bonds. The van der Waals surface area contributed by atoms with Gasteiger partial charge < -0.3 is 19.6 Å². The number of rotatable bonds is 5. The summed E-state index contributed by atoms with van der Waals surface area (Å²) in [5.74, 6) is 0.928. The van der Waals surface area contributed by atoms with Gasteiger partial charge in [-0.3, -0.25) is 0 Å². The van der Waals surface area contributed by atoms with Gasteiger partial charge in [0.15, 0.2) is 0 Å². The number of aliphatic hydroxyl groups is 1. The third-order valence-corrected chi connectivity index (χ3v) is 4.36. The fourth-order valence-corrected chi connectivity index (χ4v) is 3.20. The highest BCUT2D eigenvalue weighted by molar-refractivity contribution is 5.42. The van der Waals surface area contributed by atoms with Crippen molar-refractivity contribution in [1.82, 2.24) is 0 Å². The Bertz CT molecular complexity index is 445. The third-order valence-electron chi connectivity index (χ3n) is 4.36. The van der Waals surface area contributed by atoms with Crippen LogP contribution in [0, 0.1) is 20.8 Å². The fraction of sp³-hybridized carbons (Fsp3) is 0.647. The number of likely N-dealkylation sites (N-methyl/N-ethyl adjacent to an activating group) is 1. The van der Waals surface area contributed by atoms with Crippen LogP contribution in [0.2, 0.25) is 0 Å². The summed E-state index contributed by atoms with van der Waals surface area (Å²) in [5, 5.41) is 10.2. The van der Waals surface area contributed by atoms with Crippen molar-refractivity contribution in [3.63, 3.8) is 0 Å². The highest BCUT2D eigenvalue weighted by atomic mass is 16.5. The van der Waals surface area contributed by atoms with Gasteiger partial charge in [0.2, 0.25) is 0 Å². The first-order valence-electron chi connectivity index (χ1n) is 7.99. The number of hydrogen-bond acceptors (Lipinski definition) is 2. The van der Waals surface area contributed by atoms with Gasteiger partial charge in [-0.1, -0.05) is 17.7 Å². The van der Waals surface area contributed by atoms with E-state index in [-0.39, 0.29) is 0 Å². The third kappa shape index (κ3) is 4.70. The summed E-state index contributed by atoms with van der Waals surface area (Å²) >= 11 is 0. The van der Waals surface area contributed by atoms with Crippen LogP contribution >= 0.6 is 0 Å². The van der Waals surface area contributed by atoms with Gasteiger partial charge in [0, 0.05) is 0 Å². The molecule has 0 unspecified atom stereocenters. The predicted molar refractivity (Wildman–Crippen MR) is 84.3 cm³/mol. The van der Waals surface area contributed by atoms with Crippen LogP contribution in [-0.4, -0.2) is 57.6 Å². The minimum absolute atomic E-state index is 0.386.